The molecule has 27 heavy (non-hydrogen) atoms. The number of Topliss-reactive ketones (excluding diaryl/α,β-unsaturated/α-hetero) is 1. The lowest BCUT2D eigenvalue weighted by molar-refractivity contribution is -0.140. The van der Waals surface area contributed by atoms with E-state index in [1.54, 1.807) is 0 Å². The van der Waals surface area contributed by atoms with Gasteiger partial charge in [-0.3, -0.25) is 4.79 Å². The van der Waals surface area contributed by atoms with Gasteiger partial charge in [0, 0.05) is 12.6 Å². The summed E-state index contributed by atoms with van der Waals surface area (Å²) in [5.74, 6) is -2.82. The topological polar surface area (TPSA) is 73.5 Å². The second kappa shape index (κ2) is 5.81. The van der Waals surface area contributed by atoms with E-state index >= 15 is 0 Å². The fraction of sp³-hybridized carbons (Fsp3) is 0.294. The molecule has 2 aliphatic heterocycles. The molecule has 0 bridgehead atoms. The maximum Gasteiger partial charge on any atom is 0.419 e. The van der Waals surface area contributed by atoms with Crippen molar-refractivity contribution in [3.63, 3.8) is 0 Å². The number of nitrogens with one attached hydrogen (secondary N) is 1. The maximum absolute atomic E-state index is 13.7. The summed E-state index contributed by atoms with van der Waals surface area (Å²) in [6.45, 7) is -0.248. The van der Waals surface area contributed by atoms with Gasteiger partial charge in [-0.15, -0.1) is 0 Å². The summed E-state index contributed by atoms with van der Waals surface area (Å²) in [6, 6.07) is 2.42. The predicted molar refractivity (Wildman–Crippen MR) is 83.7 cm³/mol. The van der Waals surface area contributed by atoms with Crippen LogP contribution < -0.4 is 10.9 Å². The van der Waals surface area contributed by atoms with Gasteiger partial charge < -0.3 is 14.6 Å². The number of hydrogen-bond donors (Lipinski definition) is 1. The van der Waals surface area contributed by atoms with E-state index in [0.717, 1.165) is 10.8 Å². The predicted octanol–water partition coefficient (Wildman–Crippen LogP) is 2.55. The summed E-state index contributed by atoms with van der Waals surface area (Å²) >= 11 is 0. The molecular weight excluding hydrogens is 372 g/mol. The maximum atomic E-state index is 13.7. The molecule has 6 nitrogen and oxygen atoms in total. The number of hydrogen-bond acceptors (Lipinski definition) is 5. The van der Waals surface area contributed by atoms with Crippen LogP contribution in [0.5, 0.6) is 0 Å². The summed E-state index contributed by atoms with van der Waals surface area (Å²) in [5, 5.41) is 2.88. The first kappa shape index (κ1) is 17.5. The second-order valence-electron chi connectivity index (χ2n) is 6.24. The van der Waals surface area contributed by atoms with Crippen LogP contribution in [-0.4, -0.2) is 23.7 Å². The van der Waals surface area contributed by atoms with Gasteiger partial charge in [0.25, 0.3) is 0 Å². The first-order valence-corrected chi connectivity index (χ1v) is 7.86. The lowest BCUT2D eigenvalue weighted by Crippen LogP contribution is -2.34. The second-order valence-corrected chi connectivity index (χ2v) is 6.24. The van der Waals surface area contributed by atoms with Crippen LogP contribution >= 0.6 is 0 Å². The number of nitrogens with zero attached hydrogens (tertiary/aromatic N) is 1. The van der Waals surface area contributed by atoms with Crippen LogP contribution in [-0.2, 0) is 22.8 Å². The van der Waals surface area contributed by atoms with Gasteiger partial charge in [-0.05, 0) is 17.7 Å². The van der Waals surface area contributed by atoms with Crippen LogP contribution in [0.15, 0.2) is 38.8 Å². The summed E-state index contributed by atoms with van der Waals surface area (Å²) in [6.07, 6.45) is -4.92. The Balaban J connectivity index is 1.99. The molecule has 0 fully saturated rings. The molecule has 1 N–H and O–H groups in total. The van der Waals surface area contributed by atoms with Crippen molar-refractivity contribution in [3.05, 3.63) is 62.4 Å². The average molecular weight is 384 g/mol. The molecule has 0 saturated heterocycles. The van der Waals surface area contributed by atoms with Crippen molar-refractivity contribution in [2.75, 3.05) is 18.5 Å². The number of rotatable bonds is 1. The highest BCUT2D eigenvalue weighted by Crippen LogP contribution is 2.43. The van der Waals surface area contributed by atoms with Crippen molar-refractivity contribution in [3.8, 4) is 0 Å². The Morgan fingerprint density at radius 3 is 2.67 bits per heavy atom. The number of alkyl halides is 3. The number of aryl methyl sites for hydroxylation is 1. The minimum Gasteiger partial charge on any atom is -0.367 e. The molecule has 1 atom stereocenters. The fourth-order valence-electron chi connectivity index (χ4n) is 3.45. The number of ether oxygens (including phenoxy) is 1. The van der Waals surface area contributed by atoms with E-state index in [9.17, 15) is 27.2 Å². The van der Waals surface area contributed by atoms with E-state index in [1.165, 1.54) is 7.05 Å². The number of halogens is 4. The Bertz CT molecular complexity index is 1050. The number of carbonyl (C=O) groups excluding carboxylic acids is 1. The van der Waals surface area contributed by atoms with Crippen LogP contribution in [0, 0.1) is 5.82 Å². The summed E-state index contributed by atoms with van der Waals surface area (Å²) in [4.78, 5) is 24.7. The number of carbonyl (C=O) groups is 1. The highest BCUT2D eigenvalue weighted by molar-refractivity contribution is 6.01. The fourth-order valence-corrected chi connectivity index (χ4v) is 3.45. The third kappa shape index (κ3) is 2.67. The van der Waals surface area contributed by atoms with E-state index in [2.05, 4.69) is 5.32 Å². The molecule has 142 valence electrons. The monoisotopic (exact) mass is 384 g/mol. The third-order valence-electron chi connectivity index (χ3n) is 4.59. The van der Waals surface area contributed by atoms with Gasteiger partial charge in [0.05, 0.1) is 29.3 Å². The Kier molecular flexibility index (Phi) is 3.77. The minimum absolute atomic E-state index is 0.00812. The molecule has 1 aromatic carbocycles. The molecule has 0 spiro atoms. The Morgan fingerprint density at radius 1 is 1.22 bits per heavy atom. The molecule has 1 aromatic heterocycles. The van der Waals surface area contributed by atoms with Crippen LogP contribution in [0.25, 0.3) is 0 Å². The molecule has 2 aliphatic rings. The van der Waals surface area contributed by atoms with E-state index in [0.29, 0.717) is 17.8 Å². The summed E-state index contributed by atoms with van der Waals surface area (Å²) in [7, 11) is 1.44. The van der Waals surface area contributed by atoms with Gasteiger partial charge >= 0.3 is 11.8 Å². The number of benzene rings is 1. The minimum atomic E-state index is -4.92. The van der Waals surface area contributed by atoms with Crippen LogP contribution in [0.2, 0.25) is 0 Å². The highest BCUT2D eigenvalue weighted by Gasteiger charge is 2.41. The standard InChI is InChI=1S/C17H12F4N2O4/c1-23-15-14(16(25)27-23)12(13-10(22-15)5-26-6-11(13)24)7-2-3-9(18)8(4-7)17(19,20)21/h2-4,12,22H,5-6H2,1H3. The van der Waals surface area contributed by atoms with E-state index in [-0.39, 0.29) is 35.7 Å². The Morgan fingerprint density at radius 2 is 1.96 bits per heavy atom. The van der Waals surface area contributed by atoms with Crippen molar-refractivity contribution < 1.29 is 31.6 Å². The van der Waals surface area contributed by atoms with Gasteiger partial charge in [0.1, 0.15) is 12.4 Å². The van der Waals surface area contributed by atoms with E-state index in [1.807, 2.05) is 0 Å². The SMILES string of the molecule is Cn1oc(=O)c2c1NC1=C(C(=O)COC1)C2c1ccc(F)c(C(F)(F)F)c1. The molecule has 0 radical (unpaired) electrons. The molecule has 10 heteroatoms. The average Bonchev–Trinajstić information content (AvgIpc) is 2.87. The van der Waals surface area contributed by atoms with Gasteiger partial charge in [-0.1, -0.05) is 6.07 Å². The van der Waals surface area contributed by atoms with Gasteiger partial charge in [0.15, 0.2) is 11.6 Å². The van der Waals surface area contributed by atoms with Crippen LogP contribution in [0.1, 0.15) is 22.6 Å². The normalized spacial score (nSPS) is 19.6. The molecule has 0 amide bonds. The molecule has 0 saturated carbocycles. The van der Waals surface area contributed by atoms with Gasteiger partial charge in [-0.25, -0.2) is 9.18 Å². The van der Waals surface area contributed by atoms with Crippen LogP contribution in [0.3, 0.4) is 0 Å². The zero-order valence-corrected chi connectivity index (χ0v) is 13.8. The number of aromatic nitrogens is 1. The van der Waals surface area contributed by atoms with Gasteiger partial charge in [0.2, 0.25) is 0 Å². The number of ketones is 1. The van der Waals surface area contributed by atoms with Crippen molar-refractivity contribution in [2.24, 2.45) is 7.05 Å². The molecular formula is C17H12F4N2O4. The first-order chi connectivity index (χ1) is 12.7. The van der Waals surface area contributed by atoms with Crippen LogP contribution in [0.4, 0.5) is 23.4 Å². The summed E-state index contributed by atoms with van der Waals surface area (Å²) in [5.41, 5.74) is -1.86. The van der Waals surface area contributed by atoms with E-state index < -0.39 is 34.9 Å². The lowest BCUT2D eigenvalue weighted by Gasteiger charge is -2.31. The first-order valence-electron chi connectivity index (χ1n) is 7.86. The zero-order chi connectivity index (χ0) is 19.5. The number of anilines is 1. The zero-order valence-electron chi connectivity index (χ0n) is 13.8. The van der Waals surface area contributed by atoms with E-state index in [4.69, 9.17) is 9.26 Å². The molecule has 3 heterocycles. The molecule has 0 aliphatic carbocycles. The van der Waals surface area contributed by atoms with Crippen molar-refractivity contribution in [1.82, 2.24) is 4.74 Å². The quantitative estimate of drug-likeness (QED) is 0.765. The smallest absolute Gasteiger partial charge is 0.367 e. The van der Waals surface area contributed by atoms with Crippen molar-refractivity contribution in [2.45, 2.75) is 12.1 Å². The van der Waals surface area contributed by atoms with Gasteiger partial charge in [-0.2, -0.15) is 17.9 Å². The third-order valence-corrected chi connectivity index (χ3v) is 4.59. The largest absolute Gasteiger partial charge is 0.419 e. The highest BCUT2D eigenvalue weighted by atomic mass is 19.4. The van der Waals surface area contributed by atoms with Crippen molar-refractivity contribution in [1.29, 1.82) is 0 Å². The Labute approximate surface area is 149 Å². The molecule has 2 aromatic rings. The van der Waals surface area contributed by atoms with Crippen molar-refractivity contribution >= 4 is 11.6 Å². The molecule has 4 rings (SSSR count). The lowest BCUT2D eigenvalue weighted by atomic mass is 9.79. The number of fused-ring (bicyclic) bond motifs is 1. The summed E-state index contributed by atoms with van der Waals surface area (Å²) < 4.78 is 64.5. The molecule has 1 unspecified atom stereocenters. The Hall–Kier alpha value is -2.88.